The van der Waals surface area contributed by atoms with Gasteiger partial charge in [0, 0.05) is 36.7 Å². The first-order valence-corrected chi connectivity index (χ1v) is 11.7. The second-order valence-corrected chi connectivity index (χ2v) is 9.04. The number of carbonyl (C=O) groups excluding carboxylic acids is 1. The van der Waals surface area contributed by atoms with Crippen LogP contribution in [0.1, 0.15) is 59.9 Å². The molecule has 1 N–H and O–H groups in total. The van der Waals surface area contributed by atoms with Crippen molar-refractivity contribution in [3.05, 3.63) is 70.3 Å². The van der Waals surface area contributed by atoms with Crippen LogP contribution in [0.15, 0.2) is 42.5 Å². The Kier molecular flexibility index (Phi) is 5.93. The predicted octanol–water partition coefficient (Wildman–Crippen LogP) is 4.38. The van der Waals surface area contributed by atoms with E-state index in [2.05, 4.69) is 23.1 Å². The third kappa shape index (κ3) is 4.07. The number of ketones is 1. The number of Topliss-reactive ketones (excluding diaryl/α,β-unsaturated/α-hetero) is 1. The monoisotopic (exact) mass is 417 g/mol. The minimum Gasteiger partial charge on any atom is -0.487 e. The average Bonchev–Trinajstić information content (AvgIpc) is 3.36. The number of rotatable bonds is 6. The summed E-state index contributed by atoms with van der Waals surface area (Å²) in [4.78, 5) is 15.2. The van der Waals surface area contributed by atoms with E-state index < -0.39 is 0 Å². The highest BCUT2D eigenvalue weighted by Gasteiger charge is 2.32. The number of nitrogens with zero attached hydrogens (tertiary/aromatic N) is 1. The summed E-state index contributed by atoms with van der Waals surface area (Å²) in [5, 5.41) is 9.52. The fourth-order valence-electron chi connectivity index (χ4n) is 5.48. The number of fused-ring (bicyclic) bond motifs is 2. The van der Waals surface area contributed by atoms with Crippen molar-refractivity contribution in [3.63, 3.8) is 0 Å². The van der Waals surface area contributed by atoms with Crippen molar-refractivity contribution in [2.24, 2.45) is 0 Å². The van der Waals surface area contributed by atoms with Gasteiger partial charge in [-0.2, -0.15) is 0 Å². The highest BCUT2D eigenvalue weighted by atomic mass is 16.5. The molecule has 3 aliphatic rings. The number of hydrogen-bond donors (Lipinski definition) is 1. The number of ether oxygens (including phenoxy) is 1. The summed E-state index contributed by atoms with van der Waals surface area (Å²) in [5.74, 6) is 0.904. The van der Waals surface area contributed by atoms with Gasteiger partial charge < -0.3 is 9.84 Å². The van der Waals surface area contributed by atoms with E-state index in [9.17, 15) is 9.90 Å². The molecule has 0 spiro atoms. The topological polar surface area (TPSA) is 49.8 Å². The SMILES string of the molecule is O=C1Cc2ccccc2/C1=C1\OCc2cc(CCN(CCO)C3CCCCC3)ccc21. The van der Waals surface area contributed by atoms with Gasteiger partial charge in [-0.1, -0.05) is 61.7 Å². The summed E-state index contributed by atoms with van der Waals surface area (Å²) in [6, 6.07) is 15.2. The normalized spacial score (nSPS) is 20.8. The van der Waals surface area contributed by atoms with E-state index in [4.69, 9.17) is 4.74 Å². The molecule has 0 unspecified atom stereocenters. The third-order valence-electron chi connectivity index (χ3n) is 7.10. The first kappa shape index (κ1) is 20.5. The van der Waals surface area contributed by atoms with Crippen LogP contribution < -0.4 is 0 Å². The Morgan fingerprint density at radius 2 is 1.81 bits per heavy atom. The Morgan fingerprint density at radius 1 is 0.968 bits per heavy atom. The van der Waals surface area contributed by atoms with E-state index >= 15 is 0 Å². The Morgan fingerprint density at radius 3 is 2.65 bits per heavy atom. The number of hydrogen-bond acceptors (Lipinski definition) is 4. The lowest BCUT2D eigenvalue weighted by Gasteiger charge is -2.34. The predicted molar refractivity (Wildman–Crippen MR) is 122 cm³/mol. The number of aliphatic hydroxyl groups excluding tert-OH is 1. The molecule has 4 heteroatoms. The summed E-state index contributed by atoms with van der Waals surface area (Å²) in [7, 11) is 0. The van der Waals surface area contributed by atoms with Gasteiger partial charge in [-0.25, -0.2) is 0 Å². The molecule has 4 nitrogen and oxygen atoms in total. The second kappa shape index (κ2) is 8.97. The van der Waals surface area contributed by atoms with Crippen LogP contribution in [-0.2, 0) is 29.0 Å². The molecule has 0 bridgehead atoms. The highest BCUT2D eigenvalue weighted by Crippen LogP contribution is 2.41. The van der Waals surface area contributed by atoms with Gasteiger partial charge in [-0.05, 0) is 36.0 Å². The molecule has 1 aliphatic heterocycles. The quantitative estimate of drug-likeness (QED) is 0.709. The summed E-state index contributed by atoms with van der Waals surface area (Å²) in [6.45, 7) is 2.49. The number of benzene rings is 2. The Bertz CT molecular complexity index is 1000. The van der Waals surface area contributed by atoms with Crippen molar-refractivity contribution in [3.8, 4) is 0 Å². The van der Waals surface area contributed by atoms with Crippen molar-refractivity contribution in [2.45, 2.75) is 57.6 Å². The molecule has 162 valence electrons. The molecule has 2 aromatic carbocycles. The molecule has 2 aromatic rings. The third-order valence-corrected chi connectivity index (χ3v) is 7.10. The zero-order chi connectivity index (χ0) is 21.2. The van der Waals surface area contributed by atoms with Gasteiger partial charge in [0.15, 0.2) is 5.78 Å². The fraction of sp³-hybridized carbons (Fsp3) is 0.444. The summed E-state index contributed by atoms with van der Waals surface area (Å²) < 4.78 is 6.06. The minimum absolute atomic E-state index is 0.153. The van der Waals surface area contributed by atoms with E-state index in [0.29, 0.717) is 19.1 Å². The zero-order valence-corrected chi connectivity index (χ0v) is 18.1. The van der Waals surface area contributed by atoms with E-state index in [1.54, 1.807) is 0 Å². The standard InChI is InChI=1S/C27H31NO3/c29-15-14-28(22-7-2-1-3-8-22)13-12-19-10-11-24-21(16-19)18-31-27(24)26-23-9-5-4-6-20(23)17-25(26)30/h4-6,9-11,16,22,29H,1-3,7-8,12-15,17-18H2/b27-26+. The van der Waals surface area contributed by atoms with Crippen LogP contribution in [0, 0.1) is 0 Å². The molecule has 0 atom stereocenters. The molecule has 0 aromatic heterocycles. The Balaban J connectivity index is 1.35. The lowest BCUT2D eigenvalue weighted by molar-refractivity contribution is -0.112. The van der Waals surface area contributed by atoms with Crippen molar-refractivity contribution >= 4 is 17.1 Å². The summed E-state index contributed by atoms with van der Waals surface area (Å²) in [5.41, 5.74) is 6.38. The minimum atomic E-state index is 0.153. The van der Waals surface area contributed by atoms with Gasteiger partial charge in [0.1, 0.15) is 12.4 Å². The molecule has 31 heavy (non-hydrogen) atoms. The van der Waals surface area contributed by atoms with Crippen LogP contribution in [-0.4, -0.2) is 41.5 Å². The van der Waals surface area contributed by atoms with Crippen LogP contribution in [0.25, 0.3) is 11.3 Å². The molecule has 1 saturated carbocycles. The molecule has 0 saturated heterocycles. The molecule has 0 radical (unpaired) electrons. The summed E-state index contributed by atoms with van der Waals surface area (Å²) in [6.07, 6.45) is 7.91. The Labute approximate surface area is 184 Å². The second-order valence-electron chi connectivity index (χ2n) is 9.04. The number of aliphatic hydroxyl groups is 1. The smallest absolute Gasteiger partial charge is 0.171 e. The number of allylic oxidation sites excluding steroid dienone is 1. The first-order valence-electron chi connectivity index (χ1n) is 11.7. The zero-order valence-electron chi connectivity index (χ0n) is 18.1. The van der Waals surface area contributed by atoms with Crippen LogP contribution in [0.4, 0.5) is 0 Å². The maximum Gasteiger partial charge on any atom is 0.171 e. The fourth-order valence-corrected chi connectivity index (χ4v) is 5.48. The molecular formula is C27H31NO3. The summed E-state index contributed by atoms with van der Waals surface area (Å²) >= 11 is 0. The van der Waals surface area contributed by atoms with Crippen LogP contribution in [0.2, 0.25) is 0 Å². The van der Waals surface area contributed by atoms with E-state index in [1.807, 2.05) is 24.3 Å². The van der Waals surface area contributed by atoms with Gasteiger partial charge in [-0.3, -0.25) is 9.69 Å². The average molecular weight is 418 g/mol. The van der Waals surface area contributed by atoms with Crippen LogP contribution >= 0.6 is 0 Å². The van der Waals surface area contributed by atoms with Crippen LogP contribution in [0.3, 0.4) is 0 Å². The maximum atomic E-state index is 12.7. The molecular weight excluding hydrogens is 386 g/mol. The van der Waals surface area contributed by atoms with Gasteiger partial charge in [0.05, 0.1) is 12.2 Å². The Hall–Kier alpha value is -2.43. The maximum absolute atomic E-state index is 12.7. The lowest BCUT2D eigenvalue weighted by Crippen LogP contribution is -2.40. The van der Waals surface area contributed by atoms with E-state index in [-0.39, 0.29) is 12.4 Å². The van der Waals surface area contributed by atoms with Gasteiger partial charge in [0.2, 0.25) is 0 Å². The molecule has 0 amide bonds. The molecule has 1 fully saturated rings. The van der Waals surface area contributed by atoms with Crippen molar-refractivity contribution in [1.29, 1.82) is 0 Å². The van der Waals surface area contributed by atoms with Crippen molar-refractivity contribution < 1.29 is 14.6 Å². The van der Waals surface area contributed by atoms with Gasteiger partial charge >= 0.3 is 0 Å². The van der Waals surface area contributed by atoms with Gasteiger partial charge in [0.25, 0.3) is 0 Å². The molecule has 5 rings (SSSR count). The molecule has 1 heterocycles. The molecule has 2 aliphatic carbocycles. The lowest BCUT2D eigenvalue weighted by atomic mass is 9.93. The van der Waals surface area contributed by atoms with E-state index in [1.165, 1.54) is 43.2 Å². The largest absolute Gasteiger partial charge is 0.487 e. The van der Waals surface area contributed by atoms with E-state index in [0.717, 1.165) is 47.5 Å². The van der Waals surface area contributed by atoms with Crippen molar-refractivity contribution in [1.82, 2.24) is 4.90 Å². The van der Waals surface area contributed by atoms with Crippen LogP contribution in [0.5, 0.6) is 0 Å². The van der Waals surface area contributed by atoms with Crippen molar-refractivity contribution in [2.75, 3.05) is 19.7 Å². The first-order chi connectivity index (χ1) is 15.2. The number of carbonyl (C=O) groups is 1. The van der Waals surface area contributed by atoms with Gasteiger partial charge in [-0.15, -0.1) is 0 Å². The highest BCUT2D eigenvalue weighted by molar-refractivity contribution is 6.31.